The predicted octanol–water partition coefficient (Wildman–Crippen LogP) is 1.73. The molecule has 4 nitrogen and oxygen atoms in total. The fraction of sp³-hybridized carbons (Fsp3) is 0.600. The van der Waals surface area contributed by atoms with E-state index in [2.05, 4.69) is 4.98 Å². The van der Waals surface area contributed by atoms with Gasteiger partial charge in [-0.25, -0.2) is 4.98 Å². The average Bonchev–Trinajstić information content (AvgIpc) is 2.52. The summed E-state index contributed by atoms with van der Waals surface area (Å²) in [4.78, 5) is 14.9. The summed E-state index contributed by atoms with van der Waals surface area (Å²) >= 11 is 0. The molecule has 1 aromatic heterocycles. The minimum absolute atomic E-state index is 0.325. The Labute approximate surface area is 83.6 Å². The first-order valence-electron chi connectivity index (χ1n) is 4.76. The van der Waals surface area contributed by atoms with E-state index in [1.165, 1.54) is 0 Å². The van der Waals surface area contributed by atoms with Gasteiger partial charge in [0.05, 0.1) is 5.92 Å². The number of aromatic nitrogens is 2. The Hall–Kier alpha value is -1.32. The topological polar surface area (TPSA) is 55.1 Å². The molecule has 0 aliphatic heterocycles. The molecule has 4 heteroatoms. The second-order valence-electron chi connectivity index (χ2n) is 3.83. The lowest BCUT2D eigenvalue weighted by Crippen LogP contribution is -2.18. The Morgan fingerprint density at radius 3 is 2.71 bits per heavy atom. The van der Waals surface area contributed by atoms with Crippen LogP contribution in [0.5, 0.6) is 0 Å². The Morgan fingerprint density at radius 1 is 1.57 bits per heavy atom. The van der Waals surface area contributed by atoms with Gasteiger partial charge in [0.25, 0.3) is 0 Å². The zero-order valence-corrected chi connectivity index (χ0v) is 8.77. The van der Waals surface area contributed by atoms with Crippen molar-refractivity contribution in [1.29, 1.82) is 0 Å². The van der Waals surface area contributed by atoms with Crippen molar-refractivity contribution >= 4 is 5.97 Å². The molecule has 0 bridgehead atoms. The van der Waals surface area contributed by atoms with Gasteiger partial charge in [-0.1, -0.05) is 20.8 Å². The zero-order valence-electron chi connectivity index (χ0n) is 8.77. The van der Waals surface area contributed by atoms with Crippen LogP contribution in [0, 0.1) is 5.92 Å². The zero-order chi connectivity index (χ0) is 10.7. The van der Waals surface area contributed by atoms with Gasteiger partial charge in [-0.2, -0.15) is 0 Å². The van der Waals surface area contributed by atoms with Crippen LogP contribution in [0.15, 0.2) is 12.4 Å². The third-order valence-corrected chi connectivity index (χ3v) is 2.16. The predicted molar refractivity (Wildman–Crippen MR) is 53.1 cm³/mol. The Kier molecular flexibility index (Phi) is 3.28. The lowest BCUT2D eigenvalue weighted by Gasteiger charge is -2.12. The van der Waals surface area contributed by atoms with Gasteiger partial charge in [-0.05, 0) is 0 Å². The van der Waals surface area contributed by atoms with Crippen LogP contribution in [0.25, 0.3) is 0 Å². The maximum atomic E-state index is 10.7. The second kappa shape index (κ2) is 4.26. The highest BCUT2D eigenvalue weighted by atomic mass is 16.4. The molecule has 0 unspecified atom stereocenters. The molecular formula is C10H16N2O2. The van der Waals surface area contributed by atoms with Gasteiger partial charge in [0.1, 0.15) is 5.82 Å². The molecule has 0 spiro atoms. The molecule has 0 fully saturated rings. The number of hydrogen-bond donors (Lipinski definition) is 1. The summed E-state index contributed by atoms with van der Waals surface area (Å²) in [6.07, 6.45) is 3.54. The van der Waals surface area contributed by atoms with E-state index >= 15 is 0 Å². The maximum absolute atomic E-state index is 10.7. The molecule has 0 aliphatic carbocycles. The summed E-state index contributed by atoms with van der Waals surface area (Å²) in [5, 5.41) is 8.78. The van der Waals surface area contributed by atoms with E-state index in [4.69, 9.17) is 5.11 Å². The summed E-state index contributed by atoms with van der Waals surface area (Å²) < 4.78 is 1.91. The van der Waals surface area contributed by atoms with E-state index in [0.29, 0.717) is 12.5 Å². The van der Waals surface area contributed by atoms with Crippen LogP contribution >= 0.6 is 0 Å². The Morgan fingerprint density at radius 2 is 2.21 bits per heavy atom. The Balaban J connectivity index is 2.76. The fourth-order valence-electron chi connectivity index (χ4n) is 1.35. The van der Waals surface area contributed by atoms with Crippen molar-refractivity contribution in [2.75, 3.05) is 0 Å². The molecule has 1 rings (SSSR count). The van der Waals surface area contributed by atoms with Gasteiger partial charge in [-0.3, -0.25) is 4.79 Å². The maximum Gasteiger partial charge on any atom is 0.308 e. The lowest BCUT2D eigenvalue weighted by atomic mass is 10.1. The normalized spacial score (nSPS) is 13.1. The summed E-state index contributed by atoms with van der Waals surface area (Å²) in [7, 11) is 0. The number of nitrogens with zero attached hydrogens (tertiary/aromatic N) is 2. The van der Waals surface area contributed by atoms with Gasteiger partial charge < -0.3 is 9.67 Å². The molecule has 0 amide bonds. The molecule has 1 atom stereocenters. The van der Waals surface area contributed by atoms with Crippen LogP contribution in [-0.4, -0.2) is 20.6 Å². The van der Waals surface area contributed by atoms with E-state index in [9.17, 15) is 4.79 Å². The number of imidazole rings is 1. The molecule has 14 heavy (non-hydrogen) atoms. The standard InChI is InChI=1S/C10H16N2O2/c1-7(2)9-11-4-5-12(9)6-8(3)10(13)14/h4-5,7-8H,6H2,1-3H3,(H,13,14)/t8-/m1/s1. The number of aliphatic carboxylic acids is 1. The molecule has 1 aromatic rings. The van der Waals surface area contributed by atoms with E-state index in [0.717, 1.165) is 5.82 Å². The highest BCUT2D eigenvalue weighted by Gasteiger charge is 2.14. The van der Waals surface area contributed by atoms with Crippen LogP contribution in [0.3, 0.4) is 0 Å². The van der Waals surface area contributed by atoms with Crippen molar-refractivity contribution in [1.82, 2.24) is 9.55 Å². The Bertz CT molecular complexity index is 318. The van der Waals surface area contributed by atoms with Crippen LogP contribution in [-0.2, 0) is 11.3 Å². The third-order valence-electron chi connectivity index (χ3n) is 2.16. The minimum Gasteiger partial charge on any atom is -0.481 e. The molecular weight excluding hydrogens is 180 g/mol. The van der Waals surface area contributed by atoms with Crippen LogP contribution in [0.4, 0.5) is 0 Å². The second-order valence-corrected chi connectivity index (χ2v) is 3.83. The van der Waals surface area contributed by atoms with Crippen LogP contribution in [0.2, 0.25) is 0 Å². The van der Waals surface area contributed by atoms with Gasteiger partial charge in [0.15, 0.2) is 0 Å². The highest BCUT2D eigenvalue weighted by molar-refractivity contribution is 5.69. The molecule has 0 radical (unpaired) electrons. The van der Waals surface area contributed by atoms with Gasteiger partial charge >= 0.3 is 5.97 Å². The number of carbonyl (C=O) groups is 1. The van der Waals surface area contributed by atoms with Gasteiger partial charge in [-0.15, -0.1) is 0 Å². The molecule has 0 saturated heterocycles. The lowest BCUT2D eigenvalue weighted by molar-refractivity contribution is -0.141. The van der Waals surface area contributed by atoms with E-state index in [-0.39, 0.29) is 5.92 Å². The van der Waals surface area contributed by atoms with E-state index < -0.39 is 5.97 Å². The van der Waals surface area contributed by atoms with Crippen molar-refractivity contribution in [3.05, 3.63) is 18.2 Å². The van der Waals surface area contributed by atoms with Crippen LogP contribution < -0.4 is 0 Å². The number of rotatable bonds is 4. The van der Waals surface area contributed by atoms with Crippen molar-refractivity contribution in [2.45, 2.75) is 33.2 Å². The minimum atomic E-state index is -0.770. The smallest absolute Gasteiger partial charge is 0.308 e. The molecule has 78 valence electrons. The van der Waals surface area contributed by atoms with Gasteiger partial charge in [0, 0.05) is 24.9 Å². The van der Waals surface area contributed by atoms with E-state index in [1.807, 2.05) is 24.6 Å². The average molecular weight is 196 g/mol. The monoisotopic (exact) mass is 196 g/mol. The van der Waals surface area contributed by atoms with E-state index in [1.54, 1.807) is 13.1 Å². The molecule has 0 aliphatic rings. The first-order valence-corrected chi connectivity index (χ1v) is 4.76. The molecule has 0 saturated carbocycles. The number of carboxylic acids is 1. The summed E-state index contributed by atoms with van der Waals surface area (Å²) in [6, 6.07) is 0. The molecule has 1 N–H and O–H groups in total. The quantitative estimate of drug-likeness (QED) is 0.797. The first-order chi connectivity index (χ1) is 6.52. The number of carboxylic acid groups (broad SMARTS) is 1. The van der Waals surface area contributed by atoms with Crippen LogP contribution in [0.1, 0.15) is 32.5 Å². The fourth-order valence-corrected chi connectivity index (χ4v) is 1.35. The SMILES string of the molecule is CC(C)c1nccn1C[C@@H](C)C(=O)O. The highest BCUT2D eigenvalue weighted by Crippen LogP contribution is 2.13. The largest absolute Gasteiger partial charge is 0.481 e. The summed E-state index contributed by atoms with van der Waals surface area (Å²) in [6.45, 7) is 6.28. The van der Waals surface area contributed by atoms with Crippen molar-refractivity contribution in [3.8, 4) is 0 Å². The summed E-state index contributed by atoms with van der Waals surface area (Å²) in [5.41, 5.74) is 0. The summed E-state index contributed by atoms with van der Waals surface area (Å²) in [5.74, 6) is 0.124. The van der Waals surface area contributed by atoms with Crippen molar-refractivity contribution in [2.24, 2.45) is 5.92 Å². The van der Waals surface area contributed by atoms with Crippen molar-refractivity contribution in [3.63, 3.8) is 0 Å². The number of hydrogen-bond acceptors (Lipinski definition) is 2. The van der Waals surface area contributed by atoms with Gasteiger partial charge in [0.2, 0.25) is 0 Å². The van der Waals surface area contributed by atoms with Crippen molar-refractivity contribution < 1.29 is 9.90 Å². The third kappa shape index (κ3) is 2.34. The molecule has 0 aromatic carbocycles. The first kappa shape index (κ1) is 10.8. The molecule has 1 heterocycles.